The van der Waals surface area contributed by atoms with Crippen LogP contribution in [-0.4, -0.2) is 93.7 Å². The summed E-state index contributed by atoms with van der Waals surface area (Å²) in [7, 11) is -1.64. The molecule has 0 aromatic heterocycles. The normalized spacial score (nSPS) is 26.4. The van der Waals surface area contributed by atoms with Gasteiger partial charge in [-0.25, -0.2) is 12.7 Å². The van der Waals surface area contributed by atoms with E-state index < -0.39 is 10.0 Å². The molecule has 0 spiro atoms. The Hall–Kier alpha value is -0.700. The van der Waals surface area contributed by atoms with Crippen molar-refractivity contribution < 1.29 is 17.9 Å². The van der Waals surface area contributed by atoms with Gasteiger partial charge in [0.05, 0.1) is 12.9 Å². The fourth-order valence-electron chi connectivity index (χ4n) is 2.80. The molecule has 2 fully saturated rings. The second-order valence-electron chi connectivity index (χ2n) is 5.34. The van der Waals surface area contributed by atoms with Crippen LogP contribution >= 0.6 is 0 Å². The number of piperazine rings is 1. The minimum atomic E-state index is -3.25. The van der Waals surface area contributed by atoms with E-state index in [0.717, 1.165) is 19.5 Å². The van der Waals surface area contributed by atoms with E-state index in [2.05, 4.69) is 4.90 Å². The van der Waals surface area contributed by atoms with Gasteiger partial charge in [0.15, 0.2) is 0 Å². The van der Waals surface area contributed by atoms with Gasteiger partial charge in [-0.3, -0.25) is 9.69 Å². The first kappa shape index (κ1) is 15.7. The van der Waals surface area contributed by atoms with Crippen molar-refractivity contribution in [1.82, 2.24) is 14.1 Å². The van der Waals surface area contributed by atoms with Crippen LogP contribution in [0.25, 0.3) is 0 Å². The van der Waals surface area contributed by atoms with Crippen LogP contribution in [0.15, 0.2) is 0 Å². The summed E-state index contributed by atoms with van der Waals surface area (Å²) in [6.45, 7) is 4.11. The molecule has 1 atom stereocenters. The van der Waals surface area contributed by atoms with Gasteiger partial charge in [-0.15, -0.1) is 0 Å². The molecule has 1 unspecified atom stereocenters. The standard InChI is InChI=1S/C12H23N3O4S/c1-19-9-8-14-7-6-13-4-3-5-15(20(2,17)18)10-11(13)12(14)16/h11H,3-10H2,1-2H3. The second kappa shape index (κ2) is 6.38. The SMILES string of the molecule is COCCN1CCN2CCCN(S(C)(=O)=O)CC2C1=O. The van der Waals surface area contributed by atoms with Crippen LogP contribution in [0.2, 0.25) is 0 Å². The lowest BCUT2D eigenvalue weighted by Gasteiger charge is -2.40. The highest BCUT2D eigenvalue weighted by Crippen LogP contribution is 2.18. The van der Waals surface area contributed by atoms with Crippen molar-refractivity contribution in [2.24, 2.45) is 0 Å². The van der Waals surface area contributed by atoms with Gasteiger partial charge in [-0.2, -0.15) is 0 Å². The molecule has 116 valence electrons. The largest absolute Gasteiger partial charge is 0.383 e. The third-order valence-electron chi connectivity index (χ3n) is 3.96. The van der Waals surface area contributed by atoms with Gasteiger partial charge >= 0.3 is 0 Å². The quantitative estimate of drug-likeness (QED) is 0.653. The lowest BCUT2D eigenvalue weighted by Crippen LogP contribution is -2.59. The molecule has 0 bridgehead atoms. The van der Waals surface area contributed by atoms with E-state index in [1.54, 1.807) is 12.0 Å². The molecule has 20 heavy (non-hydrogen) atoms. The summed E-state index contributed by atoms with van der Waals surface area (Å²) in [5.74, 6) is 0.0175. The van der Waals surface area contributed by atoms with Crippen molar-refractivity contribution in [3.8, 4) is 0 Å². The van der Waals surface area contributed by atoms with E-state index in [1.807, 2.05) is 0 Å². The maximum absolute atomic E-state index is 12.5. The van der Waals surface area contributed by atoms with Crippen LogP contribution in [0.3, 0.4) is 0 Å². The number of amides is 1. The van der Waals surface area contributed by atoms with Crippen LogP contribution in [0.1, 0.15) is 6.42 Å². The molecule has 2 aliphatic rings. The summed E-state index contributed by atoms with van der Waals surface area (Å²) in [6.07, 6.45) is 1.98. The molecule has 0 aromatic carbocycles. The molecule has 2 rings (SSSR count). The summed E-state index contributed by atoms with van der Waals surface area (Å²) < 4.78 is 29.9. The summed E-state index contributed by atoms with van der Waals surface area (Å²) in [4.78, 5) is 16.4. The second-order valence-corrected chi connectivity index (χ2v) is 7.33. The zero-order valence-corrected chi connectivity index (χ0v) is 12.9. The molecule has 2 saturated heterocycles. The van der Waals surface area contributed by atoms with E-state index in [9.17, 15) is 13.2 Å². The highest BCUT2D eigenvalue weighted by Gasteiger charge is 2.38. The third-order valence-corrected chi connectivity index (χ3v) is 5.23. The fourth-order valence-corrected chi connectivity index (χ4v) is 3.68. The maximum Gasteiger partial charge on any atom is 0.241 e. The number of hydrogen-bond donors (Lipinski definition) is 0. The average Bonchev–Trinajstić information content (AvgIpc) is 2.60. The number of hydrogen-bond acceptors (Lipinski definition) is 5. The molecule has 0 aromatic rings. The third kappa shape index (κ3) is 3.49. The Balaban J connectivity index is 2.10. The van der Waals surface area contributed by atoms with Gasteiger partial charge in [0.1, 0.15) is 6.04 Å². The Bertz CT molecular complexity index is 454. The topological polar surface area (TPSA) is 70.2 Å². The van der Waals surface area contributed by atoms with Crippen molar-refractivity contribution in [3.05, 3.63) is 0 Å². The minimum absolute atomic E-state index is 0.0175. The highest BCUT2D eigenvalue weighted by atomic mass is 32.2. The number of carbonyl (C=O) groups is 1. The first-order chi connectivity index (χ1) is 9.43. The lowest BCUT2D eigenvalue weighted by molar-refractivity contribution is -0.142. The van der Waals surface area contributed by atoms with E-state index in [1.165, 1.54) is 10.6 Å². The predicted octanol–water partition coefficient (Wildman–Crippen LogP) is -1.19. The van der Waals surface area contributed by atoms with E-state index in [4.69, 9.17) is 4.74 Å². The number of fused-ring (bicyclic) bond motifs is 1. The minimum Gasteiger partial charge on any atom is -0.383 e. The van der Waals surface area contributed by atoms with Crippen LogP contribution in [0, 0.1) is 0 Å². The number of sulfonamides is 1. The van der Waals surface area contributed by atoms with Gasteiger partial charge in [0.2, 0.25) is 15.9 Å². The molecule has 0 N–H and O–H groups in total. The number of methoxy groups -OCH3 is 1. The van der Waals surface area contributed by atoms with Crippen LogP contribution in [0.4, 0.5) is 0 Å². The van der Waals surface area contributed by atoms with Crippen molar-refractivity contribution in [1.29, 1.82) is 0 Å². The fraction of sp³-hybridized carbons (Fsp3) is 0.917. The number of ether oxygens (including phenoxy) is 1. The summed E-state index contributed by atoms with van der Waals surface area (Å²) in [5, 5.41) is 0. The Morgan fingerprint density at radius 1 is 1.25 bits per heavy atom. The van der Waals surface area contributed by atoms with Crippen LogP contribution in [-0.2, 0) is 19.6 Å². The van der Waals surface area contributed by atoms with Gasteiger partial charge in [0, 0.05) is 46.4 Å². The lowest BCUT2D eigenvalue weighted by atomic mass is 10.1. The van der Waals surface area contributed by atoms with Crippen LogP contribution in [0.5, 0.6) is 0 Å². The van der Waals surface area contributed by atoms with E-state index in [-0.39, 0.29) is 18.5 Å². The molecule has 7 nitrogen and oxygen atoms in total. The molecule has 2 aliphatic heterocycles. The molecular weight excluding hydrogens is 282 g/mol. The molecule has 0 saturated carbocycles. The molecule has 2 heterocycles. The summed E-state index contributed by atoms with van der Waals surface area (Å²) in [5.41, 5.74) is 0. The number of carbonyl (C=O) groups excluding carboxylic acids is 1. The predicted molar refractivity (Wildman–Crippen MR) is 74.9 cm³/mol. The van der Waals surface area contributed by atoms with Gasteiger partial charge in [0.25, 0.3) is 0 Å². The number of rotatable bonds is 4. The highest BCUT2D eigenvalue weighted by molar-refractivity contribution is 7.88. The molecule has 1 amide bonds. The van der Waals surface area contributed by atoms with E-state index in [0.29, 0.717) is 26.2 Å². The Kier molecular flexibility index (Phi) is 5.00. The first-order valence-corrected chi connectivity index (χ1v) is 8.75. The van der Waals surface area contributed by atoms with Gasteiger partial charge in [-0.05, 0) is 6.42 Å². The maximum atomic E-state index is 12.5. The van der Waals surface area contributed by atoms with Gasteiger partial charge in [-0.1, -0.05) is 0 Å². The van der Waals surface area contributed by atoms with Crippen LogP contribution < -0.4 is 0 Å². The van der Waals surface area contributed by atoms with Crippen molar-refractivity contribution in [3.63, 3.8) is 0 Å². The molecule has 0 radical (unpaired) electrons. The van der Waals surface area contributed by atoms with Crippen molar-refractivity contribution >= 4 is 15.9 Å². The zero-order chi connectivity index (χ0) is 14.8. The average molecular weight is 305 g/mol. The van der Waals surface area contributed by atoms with Gasteiger partial charge < -0.3 is 9.64 Å². The number of nitrogens with zero attached hydrogens (tertiary/aromatic N) is 3. The van der Waals surface area contributed by atoms with E-state index >= 15 is 0 Å². The van der Waals surface area contributed by atoms with Crippen molar-refractivity contribution in [2.75, 3.05) is 59.2 Å². The summed E-state index contributed by atoms with van der Waals surface area (Å²) >= 11 is 0. The summed E-state index contributed by atoms with van der Waals surface area (Å²) in [6, 6.07) is -0.349. The zero-order valence-electron chi connectivity index (χ0n) is 12.1. The Morgan fingerprint density at radius 3 is 2.65 bits per heavy atom. The smallest absolute Gasteiger partial charge is 0.241 e. The molecular formula is C12H23N3O4S. The first-order valence-electron chi connectivity index (χ1n) is 6.90. The molecule has 0 aliphatic carbocycles. The molecule has 8 heteroatoms. The Morgan fingerprint density at radius 2 is 2.00 bits per heavy atom. The van der Waals surface area contributed by atoms with Crippen molar-refractivity contribution in [2.45, 2.75) is 12.5 Å². The monoisotopic (exact) mass is 305 g/mol. The Labute approximate surface area is 120 Å².